The van der Waals surface area contributed by atoms with E-state index in [1.807, 2.05) is 24.3 Å². The molecule has 5 heteroatoms. The van der Waals surface area contributed by atoms with Gasteiger partial charge in [-0.3, -0.25) is 4.79 Å². The molecule has 4 nitrogen and oxygen atoms in total. The molecule has 0 spiro atoms. The highest BCUT2D eigenvalue weighted by Crippen LogP contribution is 2.06. The Kier molecular flexibility index (Phi) is 4.25. The zero-order valence-corrected chi connectivity index (χ0v) is 10.4. The molecule has 92 valence electrons. The zero-order chi connectivity index (χ0) is 12.8. The van der Waals surface area contributed by atoms with Crippen molar-refractivity contribution in [3.05, 3.63) is 59.7 Å². The van der Waals surface area contributed by atoms with E-state index in [0.29, 0.717) is 18.0 Å². The van der Waals surface area contributed by atoms with Crippen LogP contribution in [0.25, 0.3) is 0 Å². The molecule has 1 aromatic carbocycles. The van der Waals surface area contributed by atoms with Crippen LogP contribution in [0.1, 0.15) is 21.5 Å². The van der Waals surface area contributed by atoms with Crippen molar-refractivity contribution in [1.29, 1.82) is 0 Å². The molecule has 1 amide bonds. The Labute approximate surface area is 110 Å². The summed E-state index contributed by atoms with van der Waals surface area (Å²) in [5.41, 5.74) is 2.53. The first-order valence-electron chi connectivity index (χ1n) is 5.46. The van der Waals surface area contributed by atoms with Gasteiger partial charge in [0.15, 0.2) is 0 Å². The molecule has 0 unspecified atom stereocenters. The second-order valence-electron chi connectivity index (χ2n) is 3.76. The summed E-state index contributed by atoms with van der Waals surface area (Å²) in [5, 5.41) is 2.80. The summed E-state index contributed by atoms with van der Waals surface area (Å²) in [4.78, 5) is 19.3. The molecule has 0 saturated heterocycles. The predicted octanol–water partition coefficient (Wildman–Crippen LogP) is 2.15. The van der Waals surface area contributed by atoms with Crippen LogP contribution in [0.5, 0.6) is 0 Å². The molecule has 2 rings (SSSR count). The van der Waals surface area contributed by atoms with Gasteiger partial charge in [-0.05, 0) is 11.1 Å². The Bertz CT molecular complexity index is 514. The third-order valence-electron chi connectivity index (χ3n) is 2.45. The van der Waals surface area contributed by atoms with E-state index >= 15 is 0 Å². The third-order valence-corrected chi connectivity index (χ3v) is 2.76. The largest absolute Gasteiger partial charge is 0.348 e. The van der Waals surface area contributed by atoms with E-state index in [1.54, 1.807) is 0 Å². The average molecular weight is 262 g/mol. The normalized spacial score (nSPS) is 10.1. The second-order valence-corrected chi connectivity index (χ2v) is 4.03. The first kappa shape index (κ1) is 12.5. The van der Waals surface area contributed by atoms with Crippen LogP contribution >= 0.6 is 11.6 Å². The van der Waals surface area contributed by atoms with Crippen LogP contribution in [0.4, 0.5) is 0 Å². The van der Waals surface area contributed by atoms with E-state index in [2.05, 4.69) is 15.3 Å². The van der Waals surface area contributed by atoms with Gasteiger partial charge in [0, 0.05) is 24.8 Å². The van der Waals surface area contributed by atoms with Gasteiger partial charge < -0.3 is 5.32 Å². The van der Waals surface area contributed by atoms with Gasteiger partial charge in [-0.1, -0.05) is 24.3 Å². The Hall–Kier alpha value is -1.94. The number of amides is 1. The summed E-state index contributed by atoms with van der Waals surface area (Å²) < 4.78 is 0. The molecule has 2 aromatic rings. The van der Waals surface area contributed by atoms with E-state index in [4.69, 9.17) is 11.6 Å². The lowest BCUT2D eigenvalue weighted by atomic mass is 10.1. The molecular weight excluding hydrogens is 250 g/mol. The minimum atomic E-state index is -0.183. The number of benzene rings is 1. The summed E-state index contributed by atoms with van der Waals surface area (Å²) in [5.74, 6) is 0.311. The molecule has 0 fully saturated rings. The number of hydrogen-bond donors (Lipinski definition) is 1. The number of alkyl halides is 1. The number of rotatable bonds is 4. The summed E-state index contributed by atoms with van der Waals surface area (Å²) in [7, 11) is 0. The van der Waals surface area contributed by atoms with Crippen molar-refractivity contribution in [3.63, 3.8) is 0 Å². The maximum atomic E-state index is 11.7. The molecule has 1 heterocycles. The van der Waals surface area contributed by atoms with E-state index in [0.717, 1.165) is 11.1 Å². The number of carbonyl (C=O) groups excluding carboxylic acids is 1. The summed E-state index contributed by atoms with van der Waals surface area (Å²) in [6, 6.07) is 7.78. The van der Waals surface area contributed by atoms with Crippen LogP contribution in [-0.2, 0) is 12.4 Å². The van der Waals surface area contributed by atoms with Gasteiger partial charge in [0.1, 0.15) is 6.33 Å². The fourth-order valence-electron chi connectivity index (χ4n) is 1.45. The first-order chi connectivity index (χ1) is 8.79. The maximum absolute atomic E-state index is 11.7. The monoisotopic (exact) mass is 261 g/mol. The minimum absolute atomic E-state index is 0.183. The van der Waals surface area contributed by atoms with E-state index in [1.165, 1.54) is 18.7 Å². The molecular formula is C13H12ClN3O. The van der Waals surface area contributed by atoms with Crippen LogP contribution in [0.3, 0.4) is 0 Å². The summed E-state index contributed by atoms with van der Waals surface area (Å²) in [6.07, 6.45) is 4.36. The molecule has 0 bridgehead atoms. The standard InChI is InChI=1S/C13H12ClN3O/c14-5-10-1-3-11(4-2-10)6-17-13(18)12-7-15-9-16-8-12/h1-4,7-9H,5-6H2,(H,17,18). The van der Waals surface area contributed by atoms with E-state index < -0.39 is 0 Å². The van der Waals surface area contributed by atoms with Crippen LogP contribution in [0.15, 0.2) is 43.0 Å². The molecule has 18 heavy (non-hydrogen) atoms. The molecule has 1 aromatic heterocycles. The van der Waals surface area contributed by atoms with Crippen molar-refractivity contribution >= 4 is 17.5 Å². The predicted molar refractivity (Wildman–Crippen MR) is 69.2 cm³/mol. The zero-order valence-electron chi connectivity index (χ0n) is 9.64. The number of aromatic nitrogens is 2. The number of nitrogens with zero attached hydrogens (tertiary/aromatic N) is 2. The highest BCUT2D eigenvalue weighted by Gasteiger charge is 2.04. The van der Waals surface area contributed by atoms with Crippen molar-refractivity contribution < 1.29 is 4.79 Å². The third kappa shape index (κ3) is 3.28. The molecule has 0 saturated carbocycles. The van der Waals surface area contributed by atoms with Gasteiger partial charge >= 0.3 is 0 Å². The second kappa shape index (κ2) is 6.12. The highest BCUT2D eigenvalue weighted by atomic mass is 35.5. The Balaban J connectivity index is 1.93. The summed E-state index contributed by atoms with van der Waals surface area (Å²) >= 11 is 5.70. The molecule has 0 aliphatic rings. The molecule has 0 atom stereocenters. The fraction of sp³-hybridized carbons (Fsp3) is 0.154. The number of hydrogen-bond acceptors (Lipinski definition) is 3. The SMILES string of the molecule is O=C(NCc1ccc(CCl)cc1)c1cncnc1. The smallest absolute Gasteiger partial charge is 0.254 e. The minimum Gasteiger partial charge on any atom is -0.348 e. The average Bonchev–Trinajstić information content (AvgIpc) is 2.46. The van der Waals surface area contributed by atoms with Gasteiger partial charge in [-0.15, -0.1) is 11.6 Å². The number of halogens is 1. The Morgan fingerprint density at radius 2 is 1.72 bits per heavy atom. The van der Waals surface area contributed by atoms with Crippen molar-refractivity contribution in [2.24, 2.45) is 0 Å². The van der Waals surface area contributed by atoms with Crippen LogP contribution in [-0.4, -0.2) is 15.9 Å². The number of carbonyl (C=O) groups is 1. The lowest BCUT2D eigenvalue weighted by Crippen LogP contribution is -2.23. The molecule has 0 aliphatic carbocycles. The number of nitrogens with one attached hydrogen (secondary N) is 1. The van der Waals surface area contributed by atoms with Gasteiger partial charge in [-0.25, -0.2) is 9.97 Å². The lowest BCUT2D eigenvalue weighted by molar-refractivity contribution is 0.0950. The molecule has 0 radical (unpaired) electrons. The van der Waals surface area contributed by atoms with Crippen LogP contribution in [0.2, 0.25) is 0 Å². The van der Waals surface area contributed by atoms with Gasteiger partial charge in [-0.2, -0.15) is 0 Å². The topological polar surface area (TPSA) is 54.9 Å². The van der Waals surface area contributed by atoms with Gasteiger partial charge in [0.2, 0.25) is 0 Å². The van der Waals surface area contributed by atoms with E-state index in [9.17, 15) is 4.79 Å². The first-order valence-corrected chi connectivity index (χ1v) is 6.00. The van der Waals surface area contributed by atoms with Crippen molar-refractivity contribution in [1.82, 2.24) is 15.3 Å². The van der Waals surface area contributed by atoms with Crippen molar-refractivity contribution in [3.8, 4) is 0 Å². The van der Waals surface area contributed by atoms with Crippen LogP contribution < -0.4 is 5.32 Å². The molecule has 1 N–H and O–H groups in total. The van der Waals surface area contributed by atoms with Crippen molar-refractivity contribution in [2.45, 2.75) is 12.4 Å². The Morgan fingerprint density at radius 3 is 2.33 bits per heavy atom. The van der Waals surface area contributed by atoms with Crippen molar-refractivity contribution in [2.75, 3.05) is 0 Å². The lowest BCUT2D eigenvalue weighted by Gasteiger charge is -2.05. The van der Waals surface area contributed by atoms with Crippen LogP contribution in [0, 0.1) is 0 Å². The highest BCUT2D eigenvalue weighted by molar-refractivity contribution is 6.17. The Morgan fingerprint density at radius 1 is 1.11 bits per heavy atom. The van der Waals surface area contributed by atoms with E-state index in [-0.39, 0.29) is 5.91 Å². The van der Waals surface area contributed by atoms with Gasteiger partial charge in [0.05, 0.1) is 5.56 Å². The maximum Gasteiger partial charge on any atom is 0.254 e. The summed E-state index contributed by atoms with van der Waals surface area (Å²) in [6.45, 7) is 0.469. The quantitative estimate of drug-likeness (QED) is 0.858. The van der Waals surface area contributed by atoms with Gasteiger partial charge in [0.25, 0.3) is 5.91 Å². The molecule has 0 aliphatic heterocycles. The fourth-order valence-corrected chi connectivity index (χ4v) is 1.63.